The molecule has 5 aliphatic rings. The molecule has 0 aromatic carbocycles. The van der Waals surface area contributed by atoms with Crippen LogP contribution in [-0.4, -0.2) is 358 Å². The average Bonchev–Trinajstić information content (AvgIpc) is 0.739. The number of aliphatic hydroxyl groups is 5. The highest BCUT2D eigenvalue weighted by molar-refractivity contribution is 7.86. The van der Waals surface area contributed by atoms with E-state index in [1.807, 2.05) is 0 Å². The number of carboxylic acid groups (broad SMARTS) is 1. The van der Waals surface area contributed by atoms with E-state index >= 15 is 0 Å². The Labute approximate surface area is 570 Å². The lowest BCUT2D eigenvalue weighted by molar-refractivity contribution is -0.261. The molecule has 19 N–H and O–H groups in total. The van der Waals surface area contributed by atoms with Gasteiger partial charge in [0, 0.05) is 23.7 Å². The lowest BCUT2D eigenvalue weighted by atomic mass is 9.86. The van der Waals surface area contributed by atoms with Crippen LogP contribution in [0.15, 0.2) is 0 Å². The molecule has 5 aliphatic heterocycles. The van der Waals surface area contributed by atoms with E-state index in [1.165, 1.54) is 14.2 Å². The third-order valence-corrected chi connectivity index (χ3v) is 19.7. The summed E-state index contributed by atoms with van der Waals surface area (Å²) >= 11 is 0. The summed E-state index contributed by atoms with van der Waals surface area (Å²) in [6.07, 6.45) is -39.5. The van der Waals surface area contributed by atoms with Crippen molar-refractivity contribution >= 4 is 105 Å². The number of carbonyl (C=O) groups excluding carboxylic acids is 1. The first-order chi connectivity index (χ1) is 45.9. The van der Waals surface area contributed by atoms with Crippen molar-refractivity contribution < 1.29 is 231 Å². The molecule has 63 heteroatoms. The summed E-state index contributed by atoms with van der Waals surface area (Å²) in [5.41, 5.74) is 0. The van der Waals surface area contributed by atoms with Crippen LogP contribution in [0, 0.1) is 23.7 Å². The van der Waals surface area contributed by atoms with Gasteiger partial charge in [0.2, 0.25) is 0 Å². The predicted octanol–water partition coefficient (Wildman–Crippen LogP) is -12.4. The van der Waals surface area contributed by atoms with Crippen LogP contribution in [0.4, 0.5) is 0 Å². The molecule has 0 aliphatic carbocycles. The zero-order valence-corrected chi connectivity index (χ0v) is 57.3. The Morgan fingerprint density at radius 2 is 0.782 bits per heavy atom. The van der Waals surface area contributed by atoms with E-state index in [1.54, 1.807) is 0 Å². The highest BCUT2D eigenvalue weighted by Gasteiger charge is 2.55. The molecule has 0 saturated carbocycles. The quantitative estimate of drug-likeness (QED) is 0.0155. The van der Waals surface area contributed by atoms with Crippen LogP contribution in [0.3, 0.4) is 0 Å². The molecule has 24 atom stereocenters. The number of aliphatic carboxylic acids is 1. The first kappa shape index (κ1) is 88.8. The van der Waals surface area contributed by atoms with E-state index in [0.717, 1.165) is 0 Å². The van der Waals surface area contributed by atoms with E-state index in [2.05, 4.69) is 21.6 Å². The Hall–Kier alpha value is -2.79. The van der Waals surface area contributed by atoms with Gasteiger partial charge in [0.05, 0.1) is 96.5 Å². The monoisotopic (exact) mass is 1670 g/mol. The minimum Gasteiger partial charge on any atom is -0.479 e. The van der Waals surface area contributed by atoms with Crippen molar-refractivity contribution in [1.29, 1.82) is 0 Å². The fourth-order valence-electron chi connectivity index (χ4n) is 11.0. The van der Waals surface area contributed by atoms with Gasteiger partial charge in [-0.05, 0) is 6.42 Å². The number of hydrogen-bond donors (Lipinski definition) is 19. The van der Waals surface area contributed by atoms with Crippen molar-refractivity contribution in [2.75, 3.05) is 71.8 Å². The number of carbonyl (C=O) groups is 2. The second-order valence-corrected chi connectivity index (χ2v) is 32.5. The van der Waals surface area contributed by atoms with Gasteiger partial charge in [-0.1, -0.05) is 0 Å². The largest absolute Gasteiger partial charge is 0.479 e. The van der Waals surface area contributed by atoms with E-state index in [9.17, 15) is 158 Å². The first-order valence-electron chi connectivity index (χ1n) is 27.4. The number of rotatable bonds is 38. The lowest BCUT2D eigenvalue weighted by Crippen LogP contribution is -2.65. The molecule has 54 nitrogen and oxygen atoms in total. The average molecular weight is 1670 g/mol. The maximum absolute atomic E-state index is 13.1. The molecule has 0 spiro atoms. The number of nitrogens with one attached hydrogen (secondary N) is 3. The maximum Gasteiger partial charge on any atom is 0.397 e. The standard InChI is InChI=1S/C38H67N3O51S9/c42-28-16(5-81-7-20-25(39-94(54,55)56)31(45)30(44)23(85-20)11-83-98(66,67)68)35(36(46)47)87-22(29(28)43)9-80-3-14-18(10-82-97(63,64)65)84-21(26(40-95(57,58)59)33(14)91-100(72,73)74)8-78-2-13-1-17(90-99(69,70)71)19(86-32(13)38(49)89-50)6-79-4-15-24(12-93(51,52)53)88-37(48)27(41-96(60,61)62)34(15)92-101(75,76)77/h13-35,37,39-45,48,50H,1-12H2,(H,46,47)(H,51,52,53)(H,54,55,56)(H,57,58,59)(H,60,61,62)(H,63,64,65)(H,66,67,68)(H,69,70,71)(H,72,73,74)(H,75,76,77)/t13-,14-,15-,16+,17?,18?,19+,20-,21-,22+,23?,24?,25?,26?,27?,28-,29?,30-,31+,32?,33-,34-,35?,37+/m1/s1. The molecule has 5 heterocycles. The van der Waals surface area contributed by atoms with Crippen molar-refractivity contribution in [3.8, 4) is 0 Å². The second-order valence-electron chi connectivity index (χ2n) is 22.1. The topological polar surface area (TPSA) is 840 Å². The van der Waals surface area contributed by atoms with Crippen LogP contribution in [0.1, 0.15) is 6.42 Å². The molecule has 5 rings (SSSR count). The van der Waals surface area contributed by atoms with E-state index in [4.69, 9.17) is 51.4 Å². The molecule has 101 heavy (non-hydrogen) atoms. The number of carboxylic acids is 1. The van der Waals surface area contributed by atoms with Gasteiger partial charge in [0.15, 0.2) is 18.5 Å². The van der Waals surface area contributed by atoms with Gasteiger partial charge >= 0.3 is 94.8 Å². The van der Waals surface area contributed by atoms with Gasteiger partial charge in [-0.15, -0.1) is 0 Å². The van der Waals surface area contributed by atoms with Crippen molar-refractivity contribution in [2.45, 2.75) is 128 Å². The van der Waals surface area contributed by atoms with Gasteiger partial charge in [0.25, 0.3) is 10.1 Å². The van der Waals surface area contributed by atoms with Gasteiger partial charge in [0.1, 0.15) is 78.9 Å². The van der Waals surface area contributed by atoms with Crippen LogP contribution in [0.2, 0.25) is 0 Å². The third kappa shape index (κ3) is 29.0. The van der Waals surface area contributed by atoms with Crippen LogP contribution in [0.5, 0.6) is 0 Å². The molecule has 10 unspecified atom stereocenters. The summed E-state index contributed by atoms with van der Waals surface area (Å²) in [7, 11) is -50.1. The molecule has 0 bridgehead atoms. The Balaban J connectivity index is 1.38. The maximum atomic E-state index is 13.1. The predicted molar refractivity (Wildman–Crippen MR) is 304 cm³/mol. The minimum atomic E-state index is -5.96. The molecular formula is C38H67N3O51S9. The van der Waals surface area contributed by atoms with Gasteiger partial charge in [-0.2, -0.15) is 95.2 Å². The Morgan fingerprint density at radius 1 is 0.386 bits per heavy atom. The SMILES string of the molecule is O=C(OO)C1O[C@@H](COC[C@@H]2C(CS(=O)(=O)O)O[C@H](O)C(NS(=O)(=O)O)[C@@H]2OS(=O)(=O)O)C(OS(=O)(=O)O)C[C@@H]1COC[C@H]1OC(COS(=O)(=O)O)[C@@H](COC[C@@H]2OC(C(=O)O)[C@@H](COC[C@H]3OC(COS(=O)(=O)O)[C@@H](O)[C@@H](O)C3NS(=O)(=O)O)[C@@H](O)C2O)[C@@H](OS(=O)(=O)O)C1NS(=O)(=O)O. The normalized spacial score (nSPS) is 35.4. The second kappa shape index (κ2) is 35.5. The summed E-state index contributed by atoms with van der Waals surface area (Å²) in [6.45, 7) is -12.3. The zero-order chi connectivity index (χ0) is 76.7. The Kier molecular flexibility index (Phi) is 31.2. The molecular weight excluding hydrogens is 1600 g/mol. The van der Waals surface area contributed by atoms with E-state index in [-0.39, 0.29) is 0 Å². The molecule has 5 saturated heterocycles. The molecule has 0 radical (unpaired) electrons. The summed E-state index contributed by atoms with van der Waals surface area (Å²) in [6, 6.07) is -7.09. The van der Waals surface area contributed by atoms with Gasteiger partial charge in [-0.25, -0.2) is 30.5 Å². The summed E-state index contributed by atoms with van der Waals surface area (Å²) in [4.78, 5) is 29.4. The summed E-state index contributed by atoms with van der Waals surface area (Å²) in [5.74, 6) is -13.4. The molecule has 0 amide bonds. The minimum absolute atomic E-state index is 1.02. The Bertz CT molecular complexity index is 3870. The van der Waals surface area contributed by atoms with Crippen molar-refractivity contribution in [1.82, 2.24) is 14.2 Å². The van der Waals surface area contributed by atoms with Crippen LogP contribution in [-0.2, 0) is 171 Å². The third-order valence-electron chi connectivity index (χ3n) is 15.0. The van der Waals surface area contributed by atoms with E-state index < -0.39 is 329 Å². The molecule has 0 aromatic heterocycles. The van der Waals surface area contributed by atoms with Crippen LogP contribution in [0.25, 0.3) is 0 Å². The fraction of sp³-hybridized carbons (Fsp3) is 0.947. The first-order valence-corrected chi connectivity index (χ1v) is 40.1. The molecule has 0 aromatic rings. The zero-order valence-electron chi connectivity index (χ0n) is 50.0. The number of aliphatic hydroxyl groups excluding tert-OH is 5. The number of hydrogen-bond acceptors (Lipinski definition) is 41. The molecule has 5 fully saturated rings. The smallest absolute Gasteiger partial charge is 0.397 e. The fourth-order valence-corrected chi connectivity index (χ4v) is 15.8. The van der Waals surface area contributed by atoms with Gasteiger partial charge in [-0.3, -0.25) is 45.9 Å². The van der Waals surface area contributed by atoms with Crippen molar-refractivity contribution in [3.05, 3.63) is 0 Å². The van der Waals surface area contributed by atoms with Gasteiger partial charge < -0.3 is 73.3 Å². The highest BCUT2D eigenvalue weighted by atomic mass is 32.3. The van der Waals surface area contributed by atoms with Crippen molar-refractivity contribution in [2.24, 2.45) is 23.7 Å². The van der Waals surface area contributed by atoms with Crippen LogP contribution >= 0.6 is 0 Å². The van der Waals surface area contributed by atoms with Crippen molar-refractivity contribution in [3.63, 3.8) is 0 Å². The molecule has 594 valence electrons. The summed E-state index contributed by atoms with van der Waals surface area (Å²) in [5, 5.41) is 73.6. The number of ether oxygens (including phenoxy) is 9. The van der Waals surface area contributed by atoms with Crippen LogP contribution < -0.4 is 14.2 Å². The summed E-state index contributed by atoms with van der Waals surface area (Å²) < 4.78 is 377. The highest BCUT2D eigenvalue weighted by Crippen LogP contribution is 2.37. The lowest BCUT2D eigenvalue weighted by Gasteiger charge is -2.46. The van der Waals surface area contributed by atoms with E-state index in [0.29, 0.717) is 0 Å². The Morgan fingerprint density at radius 3 is 1.26 bits per heavy atom.